The first-order valence-corrected chi connectivity index (χ1v) is 9.32. The van der Waals surface area contributed by atoms with Gasteiger partial charge in [-0.05, 0) is 30.3 Å². The van der Waals surface area contributed by atoms with E-state index in [1.54, 1.807) is 24.3 Å². The molecule has 0 saturated carbocycles. The molecule has 0 atom stereocenters. The van der Waals surface area contributed by atoms with E-state index in [9.17, 15) is 14.0 Å². The van der Waals surface area contributed by atoms with Gasteiger partial charge in [-0.3, -0.25) is 9.69 Å². The molecule has 0 bridgehead atoms. The lowest BCUT2D eigenvalue weighted by Crippen LogP contribution is -2.30. The van der Waals surface area contributed by atoms with Crippen molar-refractivity contribution in [2.24, 2.45) is 0 Å². The van der Waals surface area contributed by atoms with Crippen LogP contribution in [0.25, 0.3) is 6.08 Å². The SMILES string of the molecule is O=C1N/C(=C/c2ccc(Sc3ccccc3)o2)C(=O)N1Cc1ccccc1F. The number of urea groups is 1. The predicted octanol–water partition coefficient (Wildman–Crippen LogP) is 4.66. The number of hydrogen-bond acceptors (Lipinski definition) is 4. The Kier molecular flexibility index (Phi) is 4.99. The molecule has 1 saturated heterocycles. The van der Waals surface area contributed by atoms with Crippen LogP contribution in [0.1, 0.15) is 11.3 Å². The van der Waals surface area contributed by atoms with E-state index in [2.05, 4.69) is 5.32 Å². The van der Waals surface area contributed by atoms with Crippen molar-refractivity contribution in [3.8, 4) is 0 Å². The number of halogens is 1. The van der Waals surface area contributed by atoms with Gasteiger partial charge in [0.1, 0.15) is 17.3 Å². The minimum atomic E-state index is -0.593. The van der Waals surface area contributed by atoms with Crippen molar-refractivity contribution in [1.29, 1.82) is 0 Å². The maximum atomic E-state index is 13.8. The van der Waals surface area contributed by atoms with Crippen LogP contribution in [-0.4, -0.2) is 16.8 Å². The lowest BCUT2D eigenvalue weighted by atomic mass is 10.2. The van der Waals surface area contributed by atoms with E-state index in [0.717, 1.165) is 9.80 Å². The van der Waals surface area contributed by atoms with Gasteiger partial charge in [-0.25, -0.2) is 9.18 Å². The van der Waals surface area contributed by atoms with Crippen LogP contribution in [0.5, 0.6) is 0 Å². The third-order valence-corrected chi connectivity index (χ3v) is 5.03. The van der Waals surface area contributed by atoms with Crippen molar-refractivity contribution >= 4 is 29.8 Å². The molecule has 3 amide bonds. The minimum absolute atomic E-state index is 0.0898. The third-order valence-electron chi connectivity index (χ3n) is 4.10. The standard InChI is InChI=1S/C21H15FN2O3S/c22-17-9-5-4-6-14(17)13-24-20(25)18(23-21(24)26)12-15-10-11-19(27-15)28-16-7-2-1-3-8-16/h1-12H,13H2,(H,23,26)/b18-12+. The first-order valence-electron chi connectivity index (χ1n) is 8.51. The molecular weight excluding hydrogens is 379 g/mol. The normalized spacial score (nSPS) is 15.3. The predicted molar refractivity (Wildman–Crippen MR) is 103 cm³/mol. The zero-order valence-electron chi connectivity index (χ0n) is 14.6. The first-order chi connectivity index (χ1) is 13.6. The summed E-state index contributed by atoms with van der Waals surface area (Å²) in [4.78, 5) is 26.7. The number of carbonyl (C=O) groups excluding carboxylic acids is 2. The van der Waals surface area contributed by atoms with Crippen molar-refractivity contribution in [1.82, 2.24) is 10.2 Å². The molecule has 2 heterocycles. The lowest BCUT2D eigenvalue weighted by Gasteiger charge is -2.12. The number of rotatable bonds is 5. The Balaban J connectivity index is 1.49. The highest BCUT2D eigenvalue weighted by Crippen LogP contribution is 2.30. The smallest absolute Gasteiger partial charge is 0.329 e. The van der Waals surface area contributed by atoms with E-state index >= 15 is 0 Å². The average Bonchev–Trinajstić information content (AvgIpc) is 3.23. The number of hydrogen-bond donors (Lipinski definition) is 1. The van der Waals surface area contributed by atoms with Crippen molar-refractivity contribution in [2.75, 3.05) is 0 Å². The molecule has 1 aliphatic rings. The molecule has 0 spiro atoms. The van der Waals surface area contributed by atoms with Crippen LogP contribution in [-0.2, 0) is 11.3 Å². The Morgan fingerprint density at radius 1 is 1.00 bits per heavy atom. The summed E-state index contributed by atoms with van der Waals surface area (Å²) >= 11 is 1.45. The van der Waals surface area contributed by atoms with Crippen LogP contribution in [0.3, 0.4) is 0 Å². The molecule has 1 aliphatic heterocycles. The van der Waals surface area contributed by atoms with Gasteiger partial charge in [-0.15, -0.1) is 0 Å². The third kappa shape index (κ3) is 3.84. The van der Waals surface area contributed by atoms with Crippen molar-refractivity contribution < 1.29 is 18.4 Å². The molecule has 28 heavy (non-hydrogen) atoms. The highest BCUT2D eigenvalue weighted by atomic mass is 32.2. The van der Waals surface area contributed by atoms with E-state index in [1.807, 2.05) is 30.3 Å². The summed E-state index contributed by atoms with van der Waals surface area (Å²) in [5.74, 6) is -0.550. The summed E-state index contributed by atoms with van der Waals surface area (Å²) in [5, 5.41) is 3.18. The molecule has 4 rings (SSSR count). The van der Waals surface area contributed by atoms with Gasteiger partial charge < -0.3 is 9.73 Å². The lowest BCUT2D eigenvalue weighted by molar-refractivity contribution is -0.123. The maximum Gasteiger partial charge on any atom is 0.329 e. The number of carbonyl (C=O) groups is 2. The Hall–Kier alpha value is -3.32. The quantitative estimate of drug-likeness (QED) is 0.505. The minimum Gasteiger partial charge on any atom is -0.450 e. The number of amides is 3. The number of nitrogens with zero attached hydrogens (tertiary/aromatic N) is 1. The molecule has 7 heteroatoms. The van der Waals surface area contributed by atoms with Crippen LogP contribution in [0.4, 0.5) is 9.18 Å². The van der Waals surface area contributed by atoms with Crippen LogP contribution >= 0.6 is 11.8 Å². The second-order valence-electron chi connectivity index (χ2n) is 6.04. The fraction of sp³-hybridized carbons (Fsp3) is 0.0476. The van der Waals surface area contributed by atoms with E-state index < -0.39 is 17.8 Å². The van der Waals surface area contributed by atoms with Crippen LogP contribution in [0, 0.1) is 5.82 Å². The number of nitrogens with one attached hydrogen (secondary N) is 1. The fourth-order valence-corrected chi connectivity index (χ4v) is 3.53. The largest absolute Gasteiger partial charge is 0.450 e. The second kappa shape index (κ2) is 7.74. The zero-order valence-corrected chi connectivity index (χ0v) is 15.4. The Labute approximate surface area is 164 Å². The molecule has 5 nitrogen and oxygen atoms in total. The van der Waals surface area contributed by atoms with Gasteiger partial charge in [-0.2, -0.15) is 0 Å². The molecule has 1 aromatic heterocycles. The van der Waals surface area contributed by atoms with Crippen LogP contribution in [0.2, 0.25) is 0 Å². The number of benzene rings is 2. The first kappa shape index (κ1) is 18.1. The number of furan rings is 1. The molecule has 0 aliphatic carbocycles. The van der Waals surface area contributed by atoms with Gasteiger partial charge in [0.05, 0.1) is 6.54 Å². The summed E-state index contributed by atoms with van der Waals surface area (Å²) in [6, 6.07) is 18.7. The van der Waals surface area contributed by atoms with Crippen molar-refractivity contribution in [3.63, 3.8) is 0 Å². The van der Waals surface area contributed by atoms with Crippen molar-refractivity contribution in [3.05, 3.63) is 89.6 Å². The number of imide groups is 1. The summed E-state index contributed by atoms with van der Waals surface area (Å²) in [6.45, 7) is -0.137. The van der Waals surface area contributed by atoms with Crippen molar-refractivity contribution in [2.45, 2.75) is 16.5 Å². The van der Waals surface area contributed by atoms with Gasteiger partial charge >= 0.3 is 6.03 Å². The highest BCUT2D eigenvalue weighted by Gasteiger charge is 2.34. The van der Waals surface area contributed by atoms with Gasteiger partial charge in [0.15, 0.2) is 5.09 Å². The monoisotopic (exact) mass is 394 g/mol. The summed E-state index contributed by atoms with van der Waals surface area (Å²) in [6.07, 6.45) is 1.47. The van der Waals surface area contributed by atoms with Gasteiger partial charge in [0, 0.05) is 16.5 Å². The Morgan fingerprint density at radius 3 is 2.54 bits per heavy atom. The second-order valence-corrected chi connectivity index (χ2v) is 7.12. The summed E-state index contributed by atoms with van der Waals surface area (Å²) in [5.41, 5.74) is 0.360. The van der Waals surface area contributed by atoms with E-state index in [-0.39, 0.29) is 17.8 Å². The Bertz CT molecular complexity index is 1060. The highest BCUT2D eigenvalue weighted by molar-refractivity contribution is 7.99. The molecule has 1 N–H and O–H groups in total. The molecule has 2 aromatic carbocycles. The van der Waals surface area contributed by atoms with Gasteiger partial charge in [0.2, 0.25) is 0 Å². The fourth-order valence-electron chi connectivity index (χ4n) is 2.73. The molecular formula is C21H15FN2O3S. The van der Waals surface area contributed by atoms with E-state index in [4.69, 9.17) is 4.42 Å². The van der Waals surface area contributed by atoms with Gasteiger partial charge in [-0.1, -0.05) is 48.2 Å². The van der Waals surface area contributed by atoms with Gasteiger partial charge in [0.25, 0.3) is 5.91 Å². The van der Waals surface area contributed by atoms with Crippen LogP contribution < -0.4 is 5.32 Å². The Morgan fingerprint density at radius 2 is 1.75 bits per heavy atom. The van der Waals surface area contributed by atoms with Crippen LogP contribution in [0.15, 0.2) is 86.8 Å². The molecule has 0 radical (unpaired) electrons. The molecule has 3 aromatic rings. The average molecular weight is 394 g/mol. The molecule has 1 fully saturated rings. The topological polar surface area (TPSA) is 62.6 Å². The zero-order chi connectivity index (χ0) is 19.5. The maximum absolute atomic E-state index is 13.8. The van der Waals surface area contributed by atoms with E-state index in [0.29, 0.717) is 10.9 Å². The molecule has 140 valence electrons. The summed E-state index contributed by atoms with van der Waals surface area (Å²) < 4.78 is 19.5. The molecule has 0 unspecified atom stereocenters. The summed E-state index contributed by atoms with van der Waals surface area (Å²) in [7, 11) is 0. The van der Waals surface area contributed by atoms with E-state index in [1.165, 1.54) is 30.0 Å².